The van der Waals surface area contributed by atoms with E-state index in [9.17, 15) is 4.79 Å². The Morgan fingerprint density at radius 2 is 2.07 bits per heavy atom. The minimum Gasteiger partial charge on any atom is -0.427 e. The highest BCUT2D eigenvalue weighted by molar-refractivity contribution is 5.72. The van der Waals surface area contributed by atoms with Gasteiger partial charge in [-0.1, -0.05) is 18.2 Å². The molecule has 0 radical (unpaired) electrons. The number of para-hydroxylation sites is 1. The van der Waals surface area contributed by atoms with Crippen molar-refractivity contribution in [1.29, 1.82) is 0 Å². The lowest BCUT2D eigenvalue weighted by Crippen LogP contribution is -2.18. The number of carbonyl (C=O) groups excluding carboxylic acids is 1. The molecule has 1 atom stereocenters. The molecule has 0 aliphatic heterocycles. The SMILES string of the molecule is CC(N)CCC(=O)Oc1ccccc1. The van der Waals surface area contributed by atoms with Crippen LogP contribution in [0.2, 0.25) is 0 Å². The first-order valence-electron chi connectivity index (χ1n) is 4.70. The maximum absolute atomic E-state index is 11.2. The molecule has 0 saturated heterocycles. The van der Waals surface area contributed by atoms with Gasteiger partial charge in [-0.25, -0.2) is 0 Å². The molecule has 0 aliphatic carbocycles. The monoisotopic (exact) mass is 193 g/mol. The van der Waals surface area contributed by atoms with Crippen molar-refractivity contribution in [2.24, 2.45) is 5.73 Å². The summed E-state index contributed by atoms with van der Waals surface area (Å²) in [6, 6.07) is 9.08. The van der Waals surface area contributed by atoms with Crippen LogP contribution in [0.5, 0.6) is 5.75 Å². The van der Waals surface area contributed by atoms with Crippen molar-refractivity contribution < 1.29 is 9.53 Å². The van der Waals surface area contributed by atoms with Crippen LogP contribution < -0.4 is 10.5 Å². The predicted octanol–water partition coefficient (Wildman–Crippen LogP) is 1.72. The van der Waals surface area contributed by atoms with Gasteiger partial charge in [-0.2, -0.15) is 0 Å². The molecule has 0 heterocycles. The molecule has 14 heavy (non-hydrogen) atoms. The van der Waals surface area contributed by atoms with Gasteiger partial charge in [-0.3, -0.25) is 4.79 Å². The Balaban J connectivity index is 2.35. The molecule has 0 amide bonds. The van der Waals surface area contributed by atoms with Crippen LogP contribution in [0, 0.1) is 0 Å². The first-order chi connectivity index (χ1) is 6.68. The highest BCUT2D eigenvalue weighted by Gasteiger charge is 2.05. The molecule has 0 aliphatic rings. The molecule has 76 valence electrons. The van der Waals surface area contributed by atoms with Crippen LogP contribution in [0.1, 0.15) is 19.8 Å². The summed E-state index contributed by atoms with van der Waals surface area (Å²) in [6.07, 6.45) is 1.03. The summed E-state index contributed by atoms with van der Waals surface area (Å²) in [5, 5.41) is 0. The quantitative estimate of drug-likeness (QED) is 0.585. The van der Waals surface area contributed by atoms with Crippen molar-refractivity contribution in [3.8, 4) is 5.75 Å². The van der Waals surface area contributed by atoms with E-state index in [1.807, 2.05) is 25.1 Å². The number of rotatable bonds is 4. The molecule has 3 nitrogen and oxygen atoms in total. The standard InChI is InChI=1S/C11H15NO2/c1-9(12)7-8-11(13)14-10-5-3-2-4-6-10/h2-6,9H,7-8,12H2,1H3. The van der Waals surface area contributed by atoms with Gasteiger partial charge in [-0.15, -0.1) is 0 Å². The number of ether oxygens (including phenoxy) is 1. The maximum Gasteiger partial charge on any atom is 0.311 e. The number of hydrogen-bond donors (Lipinski definition) is 1. The van der Waals surface area contributed by atoms with Gasteiger partial charge in [0.2, 0.25) is 0 Å². The molecular weight excluding hydrogens is 178 g/mol. The second-order valence-electron chi connectivity index (χ2n) is 3.30. The fourth-order valence-electron chi connectivity index (χ4n) is 1.02. The Kier molecular flexibility index (Phi) is 4.13. The van der Waals surface area contributed by atoms with Crippen molar-refractivity contribution >= 4 is 5.97 Å². The Bertz CT molecular complexity index is 283. The van der Waals surface area contributed by atoms with Gasteiger partial charge in [0.1, 0.15) is 5.75 Å². The summed E-state index contributed by atoms with van der Waals surface area (Å²) in [7, 11) is 0. The number of benzene rings is 1. The van der Waals surface area contributed by atoms with Gasteiger partial charge in [-0.05, 0) is 25.5 Å². The van der Waals surface area contributed by atoms with Crippen molar-refractivity contribution in [1.82, 2.24) is 0 Å². The Morgan fingerprint density at radius 3 is 2.64 bits per heavy atom. The summed E-state index contributed by atoms with van der Waals surface area (Å²) in [5.41, 5.74) is 5.53. The van der Waals surface area contributed by atoms with E-state index in [4.69, 9.17) is 10.5 Å². The minimum atomic E-state index is -0.228. The van der Waals surface area contributed by atoms with E-state index in [0.717, 1.165) is 0 Å². The molecule has 0 aromatic heterocycles. The Morgan fingerprint density at radius 1 is 1.43 bits per heavy atom. The van der Waals surface area contributed by atoms with E-state index in [0.29, 0.717) is 18.6 Å². The molecule has 0 saturated carbocycles. The van der Waals surface area contributed by atoms with Crippen LogP contribution in [0.15, 0.2) is 30.3 Å². The van der Waals surface area contributed by atoms with Gasteiger partial charge in [0, 0.05) is 12.5 Å². The molecule has 0 spiro atoms. The van der Waals surface area contributed by atoms with Gasteiger partial charge in [0.05, 0.1) is 0 Å². The first-order valence-corrected chi connectivity index (χ1v) is 4.70. The van der Waals surface area contributed by atoms with E-state index in [1.165, 1.54) is 0 Å². The average molecular weight is 193 g/mol. The van der Waals surface area contributed by atoms with Crippen molar-refractivity contribution in [3.63, 3.8) is 0 Å². The van der Waals surface area contributed by atoms with Crippen molar-refractivity contribution in [2.45, 2.75) is 25.8 Å². The molecule has 1 rings (SSSR count). The van der Waals surface area contributed by atoms with Crippen LogP contribution in [-0.2, 0) is 4.79 Å². The molecule has 0 fully saturated rings. The second-order valence-corrected chi connectivity index (χ2v) is 3.30. The van der Waals surface area contributed by atoms with E-state index in [-0.39, 0.29) is 12.0 Å². The number of hydrogen-bond acceptors (Lipinski definition) is 3. The highest BCUT2D eigenvalue weighted by Crippen LogP contribution is 2.09. The lowest BCUT2D eigenvalue weighted by atomic mass is 10.2. The minimum absolute atomic E-state index is 0.0401. The van der Waals surface area contributed by atoms with Crippen molar-refractivity contribution in [3.05, 3.63) is 30.3 Å². The van der Waals surface area contributed by atoms with Crippen LogP contribution >= 0.6 is 0 Å². The summed E-state index contributed by atoms with van der Waals surface area (Å²) in [5.74, 6) is 0.357. The fraction of sp³-hybridized carbons (Fsp3) is 0.364. The van der Waals surface area contributed by atoms with E-state index >= 15 is 0 Å². The topological polar surface area (TPSA) is 52.3 Å². The van der Waals surface area contributed by atoms with Crippen LogP contribution in [0.4, 0.5) is 0 Å². The third-order valence-electron chi connectivity index (χ3n) is 1.78. The fourth-order valence-corrected chi connectivity index (χ4v) is 1.02. The zero-order valence-corrected chi connectivity index (χ0v) is 8.27. The third kappa shape index (κ3) is 4.05. The number of carbonyl (C=O) groups is 1. The molecule has 3 heteroatoms. The summed E-state index contributed by atoms with van der Waals surface area (Å²) >= 11 is 0. The molecule has 1 aromatic rings. The normalized spacial score (nSPS) is 12.1. The van der Waals surface area contributed by atoms with E-state index in [2.05, 4.69) is 0 Å². The van der Waals surface area contributed by atoms with Gasteiger partial charge < -0.3 is 10.5 Å². The molecule has 1 aromatic carbocycles. The highest BCUT2D eigenvalue weighted by atomic mass is 16.5. The molecule has 1 unspecified atom stereocenters. The first kappa shape index (κ1) is 10.7. The maximum atomic E-state index is 11.2. The van der Waals surface area contributed by atoms with Gasteiger partial charge >= 0.3 is 5.97 Å². The Hall–Kier alpha value is -1.35. The molecule has 2 N–H and O–H groups in total. The number of esters is 1. The van der Waals surface area contributed by atoms with Gasteiger partial charge in [0.25, 0.3) is 0 Å². The lowest BCUT2D eigenvalue weighted by Gasteiger charge is -2.05. The van der Waals surface area contributed by atoms with Crippen LogP contribution in [0.25, 0.3) is 0 Å². The molecule has 0 bridgehead atoms. The largest absolute Gasteiger partial charge is 0.427 e. The zero-order valence-electron chi connectivity index (χ0n) is 8.27. The van der Waals surface area contributed by atoms with Crippen LogP contribution in [-0.4, -0.2) is 12.0 Å². The third-order valence-corrected chi connectivity index (χ3v) is 1.78. The predicted molar refractivity (Wildman–Crippen MR) is 55.0 cm³/mol. The van der Waals surface area contributed by atoms with Crippen LogP contribution in [0.3, 0.4) is 0 Å². The summed E-state index contributed by atoms with van der Waals surface area (Å²) in [4.78, 5) is 11.2. The van der Waals surface area contributed by atoms with Gasteiger partial charge in [0.15, 0.2) is 0 Å². The van der Waals surface area contributed by atoms with Crippen molar-refractivity contribution in [2.75, 3.05) is 0 Å². The lowest BCUT2D eigenvalue weighted by molar-refractivity contribution is -0.134. The number of nitrogens with two attached hydrogens (primary N) is 1. The summed E-state index contributed by atoms with van der Waals surface area (Å²) in [6.45, 7) is 1.87. The van der Waals surface area contributed by atoms with E-state index < -0.39 is 0 Å². The molecular formula is C11H15NO2. The van der Waals surface area contributed by atoms with E-state index in [1.54, 1.807) is 12.1 Å². The smallest absolute Gasteiger partial charge is 0.311 e. The summed E-state index contributed by atoms with van der Waals surface area (Å²) < 4.78 is 5.07. The second kappa shape index (κ2) is 5.40. The average Bonchev–Trinajstić information content (AvgIpc) is 2.16. The Labute approximate surface area is 83.9 Å². The zero-order chi connectivity index (χ0) is 10.4.